The van der Waals surface area contributed by atoms with Crippen LogP contribution in [0.2, 0.25) is 0 Å². The number of ether oxygens (including phenoxy) is 1. The predicted octanol–water partition coefficient (Wildman–Crippen LogP) is 3.00. The van der Waals surface area contributed by atoms with Gasteiger partial charge in [0.2, 0.25) is 0 Å². The van der Waals surface area contributed by atoms with Gasteiger partial charge in [-0.25, -0.2) is 4.79 Å². The molecule has 1 heterocycles. The minimum Gasteiger partial charge on any atom is -0.465 e. The van der Waals surface area contributed by atoms with Crippen LogP contribution in [0.25, 0.3) is 10.9 Å². The second-order valence-electron chi connectivity index (χ2n) is 6.59. The van der Waals surface area contributed by atoms with Gasteiger partial charge in [0, 0.05) is 18.7 Å². The van der Waals surface area contributed by atoms with Gasteiger partial charge in [-0.15, -0.1) is 6.58 Å². The third kappa shape index (κ3) is 4.55. The fourth-order valence-electron chi connectivity index (χ4n) is 3.04. The number of allylic oxidation sites excluding steroid dienone is 1. The number of carbonyl (C=O) groups is 2. The molecule has 3 rings (SSSR count). The van der Waals surface area contributed by atoms with Crippen LogP contribution in [0.1, 0.15) is 26.3 Å². The number of aromatic amines is 1. The summed E-state index contributed by atoms with van der Waals surface area (Å²) in [5.41, 5.74) is 2.17. The number of hydrogen-bond donors (Lipinski definition) is 2. The van der Waals surface area contributed by atoms with E-state index in [1.807, 2.05) is 12.1 Å². The van der Waals surface area contributed by atoms with Crippen molar-refractivity contribution < 1.29 is 14.3 Å². The van der Waals surface area contributed by atoms with E-state index in [4.69, 9.17) is 12.2 Å². The minimum absolute atomic E-state index is 0.226. The number of amides is 1. The highest BCUT2D eigenvalue weighted by molar-refractivity contribution is 7.71. The van der Waals surface area contributed by atoms with Gasteiger partial charge in [-0.05, 0) is 54.5 Å². The molecular weight excluding hydrogens is 402 g/mol. The van der Waals surface area contributed by atoms with Crippen molar-refractivity contribution in [2.45, 2.75) is 13.0 Å². The lowest BCUT2D eigenvalue weighted by molar-refractivity contribution is 0.0600. The fourth-order valence-corrected chi connectivity index (χ4v) is 3.31. The molecule has 8 heteroatoms. The van der Waals surface area contributed by atoms with Crippen LogP contribution in [-0.2, 0) is 17.7 Å². The van der Waals surface area contributed by atoms with E-state index in [0.717, 1.165) is 5.56 Å². The quantitative estimate of drug-likeness (QED) is 0.346. The zero-order valence-corrected chi connectivity index (χ0v) is 17.3. The summed E-state index contributed by atoms with van der Waals surface area (Å²) in [7, 11) is 1.34. The average Bonchev–Trinajstić information content (AvgIpc) is 2.76. The van der Waals surface area contributed by atoms with E-state index in [1.165, 1.54) is 11.7 Å². The summed E-state index contributed by atoms with van der Waals surface area (Å²) in [6, 6.07) is 11.9. The Kier molecular flexibility index (Phi) is 6.58. The number of H-pyrrole nitrogens is 1. The van der Waals surface area contributed by atoms with E-state index in [0.29, 0.717) is 41.5 Å². The van der Waals surface area contributed by atoms with Crippen LogP contribution in [-0.4, -0.2) is 35.1 Å². The van der Waals surface area contributed by atoms with E-state index in [-0.39, 0.29) is 22.2 Å². The van der Waals surface area contributed by atoms with Crippen molar-refractivity contribution in [1.29, 1.82) is 0 Å². The fraction of sp³-hybridized carbons (Fsp3) is 0.182. The lowest BCUT2D eigenvalue weighted by Crippen LogP contribution is -2.26. The molecular formula is C22H21N3O4S. The molecule has 0 aliphatic carbocycles. The Balaban J connectivity index is 1.69. The molecule has 0 spiro atoms. The molecule has 0 saturated heterocycles. The van der Waals surface area contributed by atoms with Crippen LogP contribution in [0.4, 0.5) is 0 Å². The zero-order chi connectivity index (χ0) is 21.7. The third-order valence-electron chi connectivity index (χ3n) is 4.63. The van der Waals surface area contributed by atoms with E-state index in [1.54, 1.807) is 36.4 Å². The SMILES string of the molecule is C=CCn1c(=S)[nH]c2cc(C(=O)NCCc3ccc(C(=O)OC)cc3)ccc2c1=O. The highest BCUT2D eigenvalue weighted by Gasteiger charge is 2.10. The number of esters is 1. The zero-order valence-electron chi connectivity index (χ0n) is 16.4. The molecule has 30 heavy (non-hydrogen) atoms. The molecule has 154 valence electrons. The molecule has 0 saturated carbocycles. The number of carbonyl (C=O) groups excluding carboxylic acids is 2. The molecule has 0 unspecified atom stereocenters. The normalized spacial score (nSPS) is 10.6. The van der Waals surface area contributed by atoms with Crippen LogP contribution < -0.4 is 10.9 Å². The first kappa shape index (κ1) is 21.2. The number of methoxy groups -OCH3 is 1. The smallest absolute Gasteiger partial charge is 0.337 e. The monoisotopic (exact) mass is 423 g/mol. The second kappa shape index (κ2) is 9.32. The van der Waals surface area contributed by atoms with E-state index >= 15 is 0 Å². The lowest BCUT2D eigenvalue weighted by atomic mass is 10.1. The van der Waals surface area contributed by atoms with Gasteiger partial charge in [-0.1, -0.05) is 18.2 Å². The Morgan fingerprint density at radius 2 is 1.90 bits per heavy atom. The number of nitrogens with one attached hydrogen (secondary N) is 2. The summed E-state index contributed by atoms with van der Waals surface area (Å²) in [6.07, 6.45) is 2.21. The lowest BCUT2D eigenvalue weighted by Gasteiger charge is -2.09. The molecule has 1 amide bonds. The number of hydrogen-bond acceptors (Lipinski definition) is 5. The Labute approximate surface area is 178 Å². The molecule has 0 bridgehead atoms. The van der Waals surface area contributed by atoms with Crippen molar-refractivity contribution in [2.75, 3.05) is 13.7 Å². The highest BCUT2D eigenvalue weighted by Crippen LogP contribution is 2.11. The van der Waals surface area contributed by atoms with Gasteiger partial charge in [-0.3, -0.25) is 14.2 Å². The Bertz CT molecular complexity index is 1230. The summed E-state index contributed by atoms with van der Waals surface area (Å²) in [5.74, 6) is -0.640. The summed E-state index contributed by atoms with van der Waals surface area (Å²) in [4.78, 5) is 39.5. The van der Waals surface area contributed by atoms with Crippen molar-refractivity contribution in [1.82, 2.24) is 14.9 Å². The van der Waals surface area contributed by atoms with Crippen LogP contribution >= 0.6 is 12.2 Å². The molecule has 2 N–H and O–H groups in total. The van der Waals surface area contributed by atoms with Crippen molar-refractivity contribution in [3.05, 3.63) is 86.9 Å². The van der Waals surface area contributed by atoms with Crippen molar-refractivity contribution >= 4 is 35.0 Å². The van der Waals surface area contributed by atoms with Crippen molar-refractivity contribution in [3.8, 4) is 0 Å². The van der Waals surface area contributed by atoms with E-state index in [9.17, 15) is 14.4 Å². The first-order valence-corrected chi connectivity index (χ1v) is 9.68. The van der Waals surface area contributed by atoms with E-state index < -0.39 is 0 Å². The molecule has 7 nitrogen and oxygen atoms in total. The maximum atomic E-state index is 12.5. The third-order valence-corrected chi connectivity index (χ3v) is 4.95. The van der Waals surface area contributed by atoms with Gasteiger partial charge in [0.1, 0.15) is 0 Å². The Morgan fingerprint density at radius 3 is 2.57 bits per heavy atom. The Morgan fingerprint density at radius 1 is 1.20 bits per heavy atom. The van der Waals surface area contributed by atoms with Gasteiger partial charge in [0.05, 0.1) is 23.6 Å². The number of nitrogens with zero attached hydrogens (tertiary/aromatic N) is 1. The minimum atomic E-state index is -0.388. The molecule has 2 aromatic carbocycles. The second-order valence-corrected chi connectivity index (χ2v) is 6.98. The molecule has 0 aliphatic rings. The maximum absolute atomic E-state index is 12.5. The van der Waals surface area contributed by atoms with Gasteiger partial charge >= 0.3 is 5.97 Å². The summed E-state index contributed by atoms with van der Waals surface area (Å²) in [6.45, 7) is 4.36. The van der Waals surface area contributed by atoms with Gasteiger partial charge < -0.3 is 15.0 Å². The molecule has 0 radical (unpaired) electrons. The van der Waals surface area contributed by atoms with Crippen molar-refractivity contribution in [3.63, 3.8) is 0 Å². The topological polar surface area (TPSA) is 93.2 Å². The van der Waals surface area contributed by atoms with Gasteiger partial charge in [0.15, 0.2) is 4.77 Å². The van der Waals surface area contributed by atoms with Crippen LogP contribution in [0, 0.1) is 4.77 Å². The number of rotatable bonds is 7. The first-order chi connectivity index (χ1) is 14.4. The summed E-state index contributed by atoms with van der Waals surface area (Å²) >= 11 is 5.23. The van der Waals surface area contributed by atoms with Crippen LogP contribution in [0.15, 0.2) is 59.9 Å². The molecule has 1 aromatic heterocycles. The number of fused-ring (bicyclic) bond motifs is 1. The number of benzene rings is 2. The number of aromatic nitrogens is 2. The molecule has 3 aromatic rings. The standard InChI is InChI=1S/C22H21N3O4S/c1-3-12-25-20(27)17-9-8-16(13-18(17)24-22(25)30)19(26)23-11-10-14-4-6-15(7-5-14)21(28)29-2/h3-9,13H,1,10-12H2,2H3,(H,23,26)(H,24,30). The predicted molar refractivity (Wildman–Crippen MR) is 117 cm³/mol. The van der Waals surface area contributed by atoms with Crippen molar-refractivity contribution in [2.24, 2.45) is 0 Å². The summed E-state index contributed by atoms with van der Waals surface area (Å²) < 4.78 is 6.36. The largest absolute Gasteiger partial charge is 0.465 e. The molecule has 0 fully saturated rings. The maximum Gasteiger partial charge on any atom is 0.337 e. The summed E-state index contributed by atoms with van der Waals surface area (Å²) in [5, 5.41) is 3.31. The molecule has 0 atom stereocenters. The van der Waals surface area contributed by atoms with E-state index in [2.05, 4.69) is 21.6 Å². The van der Waals surface area contributed by atoms with Gasteiger partial charge in [-0.2, -0.15) is 0 Å². The van der Waals surface area contributed by atoms with Crippen LogP contribution in [0.5, 0.6) is 0 Å². The highest BCUT2D eigenvalue weighted by atomic mass is 32.1. The van der Waals surface area contributed by atoms with Crippen LogP contribution in [0.3, 0.4) is 0 Å². The first-order valence-electron chi connectivity index (χ1n) is 9.28. The Hall–Kier alpha value is -3.52. The molecule has 0 aliphatic heterocycles. The van der Waals surface area contributed by atoms with Gasteiger partial charge in [0.25, 0.3) is 11.5 Å². The average molecular weight is 423 g/mol.